The Kier molecular flexibility index (Phi) is 9.81. The molecule has 13 heteroatoms. The van der Waals surface area contributed by atoms with Gasteiger partial charge in [0, 0.05) is 38.3 Å². The van der Waals surface area contributed by atoms with E-state index in [4.69, 9.17) is 16.3 Å². The number of carbonyl (C=O) groups is 2. The number of carbonyl (C=O) groups excluding carboxylic acids is 2. The van der Waals surface area contributed by atoms with E-state index in [-0.39, 0.29) is 43.0 Å². The zero-order valence-corrected chi connectivity index (χ0v) is 22.2. The lowest BCUT2D eigenvalue weighted by Crippen LogP contribution is -2.35. The molecule has 0 aliphatic heterocycles. The molecule has 0 saturated carbocycles. The van der Waals surface area contributed by atoms with Crippen molar-refractivity contribution in [3.05, 3.63) is 64.8 Å². The second-order valence-corrected chi connectivity index (χ2v) is 9.13. The molecule has 0 fully saturated rings. The Morgan fingerprint density at radius 1 is 1.18 bits per heavy atom. The van der Waals surface area contributed by atoms with Crippen molar-refractivity contribution >= 4 is 29.6 Å². The van der Waals surface area contributed by atoms with E-state index in [2.05, 4.69) is 9.72 Å². The van der Waals surface area contributed by atoms with E-state index in [1.165, 1.54) is 26.5 Å². The first-order valence-corrected chi connectivity index (χ1v) is 12.2. The zero-order valence-electron chi connectivity index (χ0n) is 21.5. The van der Waals surface area contributed by atoms with Crippen molar-refractivity contribution in [3.8, 4) is 17.5 Å². The number of rotatable bonds is 12. The topological polar surface area (TPSA) is 97.1 Å². The minimum absolute atomic E-state index is 0.0237. The maximum atomic E-state index is 13.7. The van der Waals surface area contributed by atoms with Gasteiger partial charge in [-0.15, -0.1) is 13.2 Å². The van der Waals surface area contributed by atoms with Gasteiger partial charge in [-0.1, -0.05) is 29.8 Å². The monoisotopic (exact) mass is 568 g/mol. The quantitative estimate of drug-likeness (QED) is 0.315. The minimum Gasteiger partial charge on any atom is -0.425 e. The van der Waals surface area contributed by atoms with E-state index in [0.29, 0.717) is 17.7 Å². The van der Waals surface area contributed by atoms with Crippen molar-refractivity contribution in [2.75, 3.05) is 32.1 Å². The van der Waals surface area contributed by atoms with E-state index in [1.54, 1.807) is 45.3 Å². The van der Waals surface area contributed by atoms with E-state index in [9.17, 15) is 27.9 Å². The highest BCUT2D eigenvalue weighted by Gasteiger charge is 2.32. The highest BCUT2D eigenvalue weighted by Crippen LogP contribution is 2.33. The summed E-state index contributed by atoms with van der Waals surface area (Å²) in [5.74, 6) is -0.858. The maximum absolute atomic E-state index is 13.7. The molecule has 2 aromatic carbocycles. The Morgan fingerprint density at radius 3 is 2.46 bits per heavy atom. The molecule has 1 N–H and O–H groups in total. The van der Waals surface area contributed by atoms with Gasteiger partial charge in [0.05, 0.1) is 12.6 Å². The number of aromatic nitrogens is 2. The summed E-state index contributed by atoms with van der Waals surface area (Å²) in [5.41, 5.74) is 0.805. The summed E-state index contributed by atoms with van der Waals surface area (Å²) in [6, 6.07) is 10.9. The fourth-order valence-corrected chi connectivity index (χ4v) is 3.71. The van der Waals surface area contributed by atoms with Crippen LogP contribution in [-0.2, 0) is 11.3 Å². The van der Waals surface area contributed by atoms with Crippen LogP contribution < -0.4 is 14.4 Å². The van der Waals surface area contributed by atoms with Crippen LogP contribution in [0.4, 0.5) is 19.0 Å². The fourth-order valence-electron chi connectivity index (χ4n) is 3.59. The number of hydrogen-bond acceptors (Lipinski definition) is 7. The molecule has 0 bridgehead atoms. The van der Waals surface area contributed by atoms with Crippen LogP contribution >= 0.6 is 11.6 Å². The molecule has 9 nitrogen and oxygen atoms in total. The Balaban J connectivity index is 2.16. The van der Waals surface area contributed by atoms with Gasteiger partial charge >= 0.3 is 12.4 Å². The molecule has 1 atom stereocenters. The highest BCUT2D eigenvalue weighted by molar-refractivity contribution is 6.30. The number of aldehydes is 1. The van der Waals surface area contributed by atoms with Gasteiger partial charge in [0.15, 0.2) is 11.5 Å². The number of hydrogen-bond donors (Lipinski definition) is 1. The number of halogens is 4. The van der Waals surface area contributed by atoms with Gasteiger partial charge in [-0.25, -0.2) is 0 Å². The average Bonchev–Trinajstić information content (AvgIpc) is 3.23. The Hall–Kier alpha value is -3.77. The molecule has 1 heterocycles. The van der Waals surface area contributed by atoms with Crippen molar-refractivity contribution in [1.82, 2.24) is 14.5 Å². The average molecular weight is 569 g/mol. The van der Waals surface area contributed by atoms with Crippen LogP contribution in [0.5, 0.6) is 17.5 Å². The number of nitrogens with zero attached hydrogens (tertiary/aromatic N) is 4. The number of aliphatic hydroxyl groups is 1. The van der Waals surface area contributed by atoms with Crippen molar-refractivity contribution < 1.29 is 37.3 Å². The van der Waals surface area contributed by atoms with Crippen LogP contribution in [0.2, 0.25) is 5.02 Å². The number of anilines is 1. The maximum Gasteiger partial charge on any atom is 0.573 e. The second kappa shape index (κ2) is 12.9. The van der Waals surface area contributed by atoms with Crippen molar-refractivity contribution in [2.45, 2.75) is 32.3 Å². The SMILES string of the molecule is CC(C=O)N(C)c1nc(Oc2cccc(OC(F)(F)F)c2)n(Cc2ccc(Cl)cc2)c1C(=O)N(C)CCCO. The van der Waals surface area contributed by atoms with Crippen molar-refractivity contribution in [3.63, 3.8) is 0 Å². The summed E-state index contributed by atoms with van der Waals surface area (Å²) in [6.07, 6.45) is -3.88. The zero-order chi connectivity index (χ0) is 28.7. The van der Waals surface area contributed by atoms with E-state index < -0.39 is 24.1 Å². The van der Waals surface area contributed by atoms with Gasteiger partial charge in [0.25, 0.3) is 5.91 Å². The van der Waals surface area contributed by atoms with E-state index >= 15 is 0 Å². The molecular formula is C26H28ClF3N4O5. The van der Waals surface area contributed by atoms with Gasteiger partial charge in [-0.2, -0.15) is 4.98 Å². The van der Waals surface area contributed by atoms with Crippen LogP contribution in [-0.4, -0.2) is 71.4 Å². The highest BCUT2D eigenvalue weighted by atomic mass is 35.5. The van der Waals surface area contributed by atoms with Gasteiger partial charge in [0.1, 0.15) is 17.8 Å². The lowest BCUT2D eigenvalue weighted by atomic mass is 10.2. The largest absolute Gasteiger partial charge is 0.573 e. The Bertz CT molecular complexity index is 1280. The summed E-state index contributed by atoms with van der Waals surface area (Å²) in [7, 11) is 3.14. The number of benzene rings is 2. The van der Waals surface area contributed by atoms with Crippen LogP contribution in [0.25, 0.3) is 0 Å². The summed E-state index contributed by atoms with van der Waals surface area (Å²) in [5, 5.41) is 9.74. The summed E-state index contributed by atoms with van der Waals surface area (Å²) in [4.78, 5) is 32.7. The number of ether oxygens (including phenoxy) is 2. The minimum atomic E-state index is -4.90. The van der Waals surface area contributed by atoms with E-state index in [0.717, 1.165) is 17.7 Å². The molecule has 0 spiro atoms. The van der Waals surface area contributed by atoms with E-state index in [1.807, 2.05) is 0 Å². The standard InChI is InChI=1S/C26H28ClF3N4O5/c1-17(16-36)33(3)23-22(24(37)32(2)12-5-13-35)34(15-18-8-10-19(27)11-9-18)25(31-23)38-20-6-4-7-21(14-20)39-26(28,29)30/h4,6-11,14,16-17,35H,5,12-13,15H2,1-3H3. The molecule has 3 aromatic rings. The molecule has 1 aromatic heterocycles. The smallest absolute Gasteiger partial charge is 0.425 e. The normalized spacial score (nSPS) is 12.1. The first-order valence-electron chi connectivity index (χ1n) is 11.9. The van der Waals surface area contributed by atoms with Crippen LogP contribution in [0, 0.1) is 0 Å². The number of imidazole rings is 1. The molecule has 1 amide bonds. The molecule has 39 heavy (non-hydrogen) atoms. The molecule has 0 aliphatic carbocycles. The third-order valence-corrected chi connectivity index (χ3v) is 6.01. The predicted octanol–water partition coefficient (Wildman–Crippen LogP) is 4.75. The Labute approximate surface area is 228 Å². The third-order valence-electron chi connectivity index (χ3n) is 5.76. The Morgan fingerprint density at radius 2 is 1.85 bits per heavy atom. The lowest BCUT2D eigenvalue weighted by molar-refractivity contribution is -0.274. The number of aliphatic hydroxyl groups excluding tert-OH is 1. The van der Waals surface area contributed by atoms with Crippen LogP contribution in [0.15, 0.2) is 48.5 Å². The molecular weight excluding hydrogens is 541 g/mol. The van der Waals surface area contributed by atoms with Crippen molar-refractivity contribution in [1.29, 1.82) is 0 Å². The molecule has 0 saturated heterocycles. The van der Waals surface area contributed by atoms with Gasteiger partial charge < -0.3 is 29.2 Å². The molecule has 3 rings (SSSR count). The van der Waals surface area contributed by atoms with Crippen LogP contribution in [0.1, 0.15) is 29.4 Å². The third kappa shape index (κ3) is 7.87. The van der Waals surface area contributed by atoms with Gasteiger partial charge in [0.2, 0.25) is 0 Å². The number of amides is 1. The molecule has 210 valence electrons. The molecule has 0 radical (unpaired) electrons. The summed E-state index contributed by atoms with van der Waals surface area (Å²) < 4.78 is 49.7. The van der Waals surface area contributed by atoms with Crippen LogP contribution in [0.3, 0.4) is 0 Å². The first kappa shape index (κ1) is 29.8. The number of alkyl halides is 3. The second-order valence-electron chi connectivity index (χ2n) is 8.70. The molecule has 1 unspecified atom stereocenters. The van der Waals surface area contributed by atoms with Crippen molar-refractivity contribution in [2.24, 2.45) is 0 Å². The summed E-state index contributed by atoms with van der Waals surface area (Å²) >= 11 is 6.03. The first-order chi connectivity index (χ1) is 18.4. The predicted molar refractivity (Wildman–Crippen MR) is 139 cm³/mol. The fraction of sp³-hybridized carbons (Fsp3) is 0.346. The number of likely N-dealkylation sites (N-methyl/N-ethyl adjacent to an activating group) is 1. The van der Waals surface area contributed by atoms with Gasteiger partial charge in [-0.05, 0) is 43.2 Å². The molecule has 0 aliphatic rings. The van der Waals surface area contributed by atoms with Gasteiger partial charge in [-0.3, -0.25) is 9.36 Å². The summed E-state index contributed by atoms with van der Waals surface area (Å²) in [6.45, 7) is 1.81. The lowest BCUT2D eigenvalue weighted by Gasteiger charge is -2.24.